The molecule has 3 aliphatic carbocycles. The molecule has 0 radical (unpaired) electrons. The third-order valence-electron chi connectivity index (χ3n) is 18.6. The number of nitrogens with zero attached hydrogens (tertiary/aromatic N) is 2. The van der Waals surface area contributed by atoms with Crippen LogP contribution < -0.4 is 9.80 Å². The summed E-state index contributed by atoms with van der Waals surface area (Å²) < 4.78 is 0. The molecule has 2 nitrogen and oxygen atoms in total. The summed E-state index contributed by atoms with van der Waals surface area (Å²) in [6, 6.07) is 118. The fourth-order valence-electron chi connectivity index (χ4n) is 15.1. The first kappa shape index (κ1) is 48.6. The van der Waals surface area contributed by atoms with Crippen molar-refractivity contribution in [2.45, 2.75) is 30.1 Å². The molecule has 0 aliphatic heterocycles. The summed E-state index contributed by atoms with van der Waals surface area (Å²) in [4.78, 5) is 5.00. The first-order chi connectivity index (χ1) is 41.0. The third-order valence-corrected chi connectivity index (χ3v) is 18.6. The zero-order valence-corrected chi connectivity index (χ0v) is 46.4. The summed E-state index contributed by atoms with van der Waals surface area (Å²) in [5.41, 5.74) is 25.5. The Balaban J connectivity index is 0.939. The van der Waals surface area contributed by atoms with Gasteiger partial charge >= 0.3 is 0 Å². The number of anilines is 6. The lowest BCUT2D eigenvalue weighted by molar-refractivity contribution is 0.660. The molecule has 0 atom stereocenters. The van der Waals surface area contributed by atoms with Gasteiger partial charge in [-0.2, -0.15) is 0 Å². The Morgan fingerprint density at radius 1 is 0.241 bits per heavy atom. The molecule has 13 aromatic rings. The second-order valence-corrected chi connectivity index (χ2v) is 23.1. The van der Waals surface area contributed by atoms with Gasteiger partial charge in [-0.05, 0) is 155 Å². The fourth-order valence-corrected chi connectivity index (χ4v) is 15.1. The molecule has 0 unspecified atom stereocenters. The molecule has 16 rings (SSSR count). The average Bonchev–Trinajstić information content (AvgIpc) is 2.99. The molecule has 0 N–H and O–H groups in total. The van der Waals surface area contributed by atoms with Gasteiger partial charge in [0.25, 0.3) is 0 Å². The standard InChI is InChI=1S/C81H58N2/c1-79(2)70-43-20-19-42-68(70)78-73(79)46-25-47-76(78)83(61-36-23-33-59(52-61)81(58-31-11-5-12-32-58)71-44-21-17-40-66(71)67-41-18-22-45-72(67)81)63-38-24-37-62(53-63)82(60-34-13-6-14-35-60)64-49-50-69-75(54-64)80(56-27-7-3-8-28-56,57-29-9-4-10-30-57)74-51-48-55-26-15-16-39-65(55)77(69)74/h3-54H,1-2H3. The van der Waals surface area contributed by atoms with Crippen molar-refractivity contribution in [3.05, 3.63) is 371 Å². The van der Waals surface area contributed by atoms with Gasteiger partial charge in [0.1, 0.15) is 0 Å². The van der Waals surface area contributed by atoms with Crippen molar-refractivity contribution in [1.29, 1.82) is 0 Å². The van der Waals surface area contributed by atoms with Crippen LogP contribution in [0.4, 0.5) is 34.1 Å². The smallest absolute Gasteiger partial charge is 0.0714 e. The van der Waals surface area contributed by atoms with E-state index in [4.69, 9.17) is 0 Å². The number of benzene rings is 13. The summed E-state index contributed by atoms with van der Waals surface area (Å²) >= 11 is 0. The van der Waals surface area contributed by atoms with Crippen LogP contribution in [0.3, 0.4) is 0 Å². The second-order valence-electron chi connectivity index (χ2n) is 23.1. The highest BCUT2D eigenvalue weighted by Crippen LogP contribution is 2.61. The maximum atomic E-state index is 2.54. The predicted molar refractivity (Wildman–Crippen MR) is 345 cm³/mol. The lowest BCUT2D eigenvalue weighted by Gasteiger charge is -2.36. The van der Waals surface area contributed by atoms with E-state index in [1.165, 1.54) is 99.8 Å². The van der Waals surface area contributed by atoms with Gasteiger partial charge in [-0.3, -0.25) is 0 Å². The number of rotatable bonds is 10. The number of hydrogen-bond donors (Lipinski definition) is 0. The third kappa shape index (κ3) is 7.09. The molecule has 2 heteroatoms. The lowest BCUT2D eigenvalue weighted by Crippen LogP contribution is -2.29. The van der Waals surface area contributed by atoms with Crippen molar-refractivity contribution in [3.8, 4) is 33.4 Å². The monoisotopic (exact) mass is 1060 g/mol. The summed E-state index contributed by atoms with van der Waals surface area (Å²) in [6.07, 6.45) is 0. The van der Waals surface area contributed by atoms with Crippen LogP contribution in [0, 0.1) is 0 Å². The van der Waals surface area contributed by atoms with Crippen molar-refractivity contribution < 1.29 is 0 Å². The highest BCUT2D eigenvalue weighted by molar-refractivity contribution is 6.05. The first-order valence-electron chi connectivity index (χ1n) is 29.1. The quantitative estimate of drug-likeness (QED) is 0.135. The van der Waals surface area contributed by atoms with Crippen molar-refractivity contribution in [2.75, 3.05) is 9.80 Å². The van der Waals surface area contributed by atoms with E-state index in [9.17, 15) is 0 Å². The molecular formula is C81H58N2. The van der Waals surface area contributed by atoms with Crippen LogP contribution in [-0.2, 0) is 16.2 Å². The maximum absolute atomic E-state index is 2.54. The van der Waals surface area contributed by atoms with Crippen molar-refractivity contribution in [3.63, 3.8) is 0 Å². The van der Waals surface area contributed by atoms with Crippen LogP contribution >= 0.6 is 0 Å². The van der Waals surface area contributed by atoms with Crippen LogP contribution in [0.2, 0.25) is 0 Å². The Bertz CT molecular complexity index is 4570. The normalized spacial score (nSPS) is 14.2. The van der Waals surface area contributed by atoms with Crippen LogP contribution in [-0.4, -0.2) is 0 Å². The van der Waals surface area contributed by atoms with E-state index in [-0.39, 0.29) is 5.41 Å². The molecule has 0 fully saturated rings. The van der Waals surface area contributed by atoms with Crippen LogP contribution in [0.1, 0.15) is 69.5 Å². The fraction of sp³-hybridized carbons (Fsp3) is 0.0617. The zero-order chi connectivity index (χ0) is 55.3. The second kappa shape index (κ2) is 18.9. The Labute approximate surface area is 486 Å². The lowest BCUT2D eigenvalue weighted by atomic mass is 9.67. The van der Waals surface area contributed by atoms with Crippen molar-refractivity contribution in [1.82, 2.24) is 0 Å². The van der Waals surface area contributed by atoms with E-state index in [1.54, 1.807) is 0 Å². The largest absolute Gasteiger partial charge is 0.310 e. The zero-order valence-electron chi connectivity index (χ0n) is 46.4. The van der Waals surface area contributed by atoms with Crippen LogP contribution in [0.25, 0.3) is 44.2 Å². The minimum absolute atomic E-state index is 0.204. The number of fused-ring (bicyclic) bond motifs is 11. The molecule has 3 aliphatic rings. The summed E-state index contributed by atoms with van der Waals surface area (Å²) in [6.45, 7) is 4.76. The van der Waals surface area contributed by atoms with Gasteiger partial charge in [-0.1, -0.05) is 269 Å². The minimum Gasteiger partial charge on any atom is -0.310 e. The molecule has 0 saturated carbocycles. The Kier molecular flexibility index (Phi) is 11.1. The van der Waals surface area contributed by atoms with Gasteiger partial charge in [0.2, 0.25) is 0 Å². The van der Waals surface area contributed by atoms with Crippen molar-refractivity contribution in [2.24, 2.45) is 0 Å². The van der Waals surface area contributed by atoms with Gasteiger partial charge in [0, 0.05) is 39.4 Å². The molecule has 392 valence electrons. The summed E-state index contributed by atoms with van der Waals surface area (Å²) in [7, 11) is 0. The number of hydrogen-bond acceptors (Lipinski definition) is 2. The summed E-state index contributed by atoms with van der Waals surface area (Å²) in [5.74, 6) is 0. The van der Waals surface area contributed by atoms with Crippen LogP contribution in [0.5, 0.6) is 0 Å². The molecule has 83 heavy (non-hydrogen) atoms. The molecule has 0 aromatic heterocycles. The van der Waals surface area contributed by atoms with E-state index < -0.39 is 10.8 Å². The molecule has 0 amide bonds. The predicted octanol–water partition coefficient (Wildman–Crippen LogP) is 20.8. The van der Waals surface area contributed by atoms with Gasteiger partial charge in [0.15, 0.2) is 0 Å². The maximum Gasteiger partial charge on any atom is 0.0714 e. The van der Waals surface area contributed by atoms with Gasteiger partial charge < -0.3 is 9.80 Å². The Morgan fingerprint density at radius 3 is 1.34 bits per heavy atom. The van der Waals surface area contributed by atoms with E-state index in [0.29, 0.717) is 0 Å². The number of para-hydroxylation sites is 1. The van der Waals surface area contributed by atoms with Crippen LogP contribution in [0.15, 0.2) is 315 Å². The highest BCUT2D eigenvalue weighted by Gasteiger charge is 2.48. The first-order valence-corrected chi connectivity index (χ1v) is 29.1. The Hall–Kier alpha value is -10.3. The van der Waals surface area contributed by atoms with E-state index in [0.717, 1.165) is 34.1 Å². The molecular weight excluding hydrogens is 1000 g/mol. The van der Waals surface area contributed by atoms with Crippen molar-refractivity contribution >= 4 is 44.9 Å². The van der Waals surface area contributed by atoms with E-state index in [2.05, 4.69) is 339 Å². The summed E-state index contributed by atoms with van der Waals surface area (Å²) in [5, 5.41) is 2.50. The van der Waals surface area contributed by atoms with Gasteiger partial charge in [-0.25, -0.2) is 0 Å². The topological polar surface area (TPSA) is 6.48 Å². The van der Waals surface area contributed by atoms with E-state index in [1.807, 2.05) is 0 Å². The highest BCUT2D eigenvalue weighted by atomic mass is 15.2. The molecule has 0 bridgehead atoms. The minimum atomic E-state index is -0.603. The molecule has 0 spiro atoms. The van der Waals surface area contributed by atoms with Gasteiger partial charge in [-0.15, -0.1) is 0 Å². The van der Waals surface area contributed by atoms with E-state index >= 15 is 0 Å². The molecule has 13 aromatic carbocycles. The molecule has 0 heterocycles. The molecule has 0 saturated heterocycles. The van der Waals surface area contributed by atoms with Gasteiger partial charge in [0.05, 0.1) is 16.5 Å². The SMILES string of the molecule is CC1(C)c2ccccc2-c2c(N(c3cccc(N(c4ccccc4)c4ccc5c(c4)C(c4ccccc4)(c4ccccc4)c4ccc6ccccc6c4-5)c3)c3cccc(C4(c5ccccc5)c5ccccc5-c5ccccc54)c3)cccc21. The average molecular weight is 1060 g/mol. The Morgan fingerprint density at radius 2 is 0.687 bits per heavy atom.